The summed E-state index contributed by atoms with van der Waals surface area (Å²) in [5.74, 6) is -2.03. The summed E-state index contributed by atoms with van der Waals surface area (Å²) in [6.45, 7) is 1.55. The number of hydrogen-bond donors (Lipinski definition) is 2. The third kappa shape index (κ3) is 2.67. The average Bonchev–Trinajstić information content (AvgIpc) is 2.29. The highest BCUT2D eigenvalue weighted by molar-refractivity contribution is 5.72. The van der Waals surface area contributed by atoms with Gasteiger partial charge in [0, 0.05) is 12.1 Å². The van der Waals surface area contributed by atoms with Crippen LogP contribution in [0.25, 0.3) is 0 Å². The smallest absolute Gasteiger partial charge is 0.320 e. The highest BCUT2D eigenvalue weighted by Crippen LogP contribution is 2.25. The molecule has 0 saturated carbocycles. The van der Waals surface area contributed by atoms with Gasteiger partial charge in [0.15, 0.2) is 0 Å². The number of aliphatic carboxylic acids is 1. The second kappa shape index (κ2) is 5.02. The zero-order valence-electron chi connectivity index (χ0n) is 10.0. The van der Waals surface area contributed by atoms with E-state index >= 15 is 0 Å². The fourth-order valence-electron chi connectivity index (χ4n) is 2.35. The van der Waals surface area contributed by atoms with Gasteiger partial charge < -0.3 is 10.4 Å². The van der Waals surface area contributed by atoms with Gasteiger partial charge in [-0.1, -0.05) is 0 Å². The molecule has 5 heteroatoms. The predicted octanol–water partition coefficient (Wildman–Crippen LogP) is 1.88. The maximum Gasteiger partial charge on any atom is 0.320 e. The normalized spacial score (nSPS) is 20.3. The quantitative estimate of drug-likeness (QED) is 0.867. The molecule has 0 bridgehead atoms. The lowest BCUT2D eigenvalue weighted by Gasteiger charge is -2.27. The van der Waals surface area contributed by atoms with Crippen molar-refractivity contribution < 1.29 is 18.7 Å². The van der Waals surface area contributed by atoms with Crippen molar-refractivity contribution in [3.8, 4) is 0 Å². The molecule has 18 heavy (non-hydrogen) atoms. The van der Waals surface area contributed by atoms with Crippen molar-refractivity contribution in [1.29, 1.82) is 0 Å². The number of carboxylic acid groups (broad SMARTS) is 1. The van der Waals surface area contributed by atoms with E-state index in [1.807, 2.05) is 0 Å². The summed E-state index contributed by atoms with van der Waals surface area (Å²) in [5.41, 5.74) is 1.19. The molecular formula is C13H15F2NO2. The topological polar surface area (TPSA) is 49.3 Å². The van der Waals surface area contributed by atoms with E-state index in [2.05, 4.69) is 5.32 Å². The number of nitrogens with one attached hydrogen (secondary N) is 1. The summed E-state index contributed by atoms with van der Waals surface area (Å²) in [6.07, 6.45) is 1.65. The highest BCUT2D eigenvalue weighted by atomic mass is 19.1. The van der Waals surface area contributed by atoms with Gasteiger partial charge in [0.2, 0.25) is 0 Å². The molecule has 0 saturated heterocycles. The van der Waals surface area contributed by atoms with Gasteiger partial charge in [-0.3, -0.25) is 4.79 Å². The first kappa shape index (κ1) is 13.0. The van der Waals surface area contributed by atoms with Gasteiger partial charge in [0.25, 0.3) is 0 Å². The standard InChI is InChI=1S/C13H15F2NO2/c1-7(13(17)18)16-10-3-2-8-4-9(14)5-12(15)11(8)6-10/h4-5,7,10,16H,2-3,6H2,1H3,(H,17,18)/t7-,10?/m0/s1. The van der Waals surface area contributed by atoms with Crippen LogP contribution >= 0.6 is 0 Å². The van der Waals surface area contributed by atoms with Crippen molar-refractivity contribution in [2.75, 3.05) is 0 Å². The van der Waals surface area contributed by atoms with Gasteiger partial charge >= 0.3 is 5.97 Å². The summed E-state index contributed by atoms with van der Waals surface area (Å²) in [4.78, 5) is 10.7. The Hall–Kier alpha value is -1.49. The summed E-state index contributed by atoms with van der Waals surface area (Å²) < 4.78 is 26.7. The lowest BCUT2D eigenvalue weighted by Crippen LogP contribution is -2.44. The molecule has 0 spiro atoms. The molecule has 2 N–H and O–H groups in total. The van der Waals surface area contributed by atoms with Crippen LogP contribution in [0, 0.1) is 11.6 Å². The third-order valence-electron chi connectivity index (χ3n) is 3.32. The number of halogens is 2. The lowest BCUT2D eigenvalue weighted by molar-refractivity contribution is -0.139. The van der Waals surface area contributed by atoms with Gasteiger partial charge in [-0.25, -0.2) is 8.78 Å². The van der Waals surface area contributed by atoms with E-state index in [4.69, 9.17) is 5.11 Å². The molecule has 1 aliphatic carbocycles. The van der Waals surface area contributed by atoms with Crippen LogP contribution < -0.4 is 5.32 Å². The number of carbonyl (C=O) groups is 1. The maximum absolute atomic E-state index is 13.6. The Labute approximate surface area is 104 Å². The number of benzene rings is 1. The molecule has 0 radical (unpaired) electrons. The number of fused-ring (bicyclic) bond motifs is 1. The molecule has 3 nitrogen and oxygen atoms in total. The largest absolute Gasteiger partial charge is 0.480 e. The van der Waals surface area contributed by atoms with Gasteiger partial charge in [-0.2, -0.15) is 0 Å². The van der Waals surface area contributed by atoms with E-state index in [1.165, 1.54) is 6.07 Å². The third-order valence-corrected chi connectivity index (χ3v) is 3.32. The van der Waals surface area contributed by atoms with Gasteiger partial charge in [-0.05, 0) is 43.4 Å². The van der Waals surface area contributed by atoms with E-state index in [9.17, 15) is 13.6 Å². The van der Waals surface area contributed by atoms with Gasteiger partial charge in [0.05, 0.1) is 0 Å². The van der Waals surface area contributed by atoms with Crippen molar-refractivity contribution in [2.45, 2.75) is 38.3 Å². The van der Waals surface area contributed by atoms with Crippen molar-refractivity contribution in [2.24, 2.45) is 0 Å². The van der Waals surface area contributed by atoms with E-state index in [-0.39, 0.29) is 6.04 Å². The van der Waals surface area contributed by atoms with Crippen LogP contribution in [0.5, 0.6) is 0 Å². The summed E-state index contributed by atoms with van der Waals surface area (Å²) in [6, 6.07) is 1.49. The molecule has 1 unspecified atom stereocenters. The van der Waals surface area contributed by atoms with Crippen molar-refractivity contribution in [3.63, 3.8) is 0 Å². The number of rotatable bonds is 3. The predicted molar refractivity (Wildman–Crippen MR) is 62.4 cm³/mol. The number of hydrogen-bond acceptors (Lipinski definition) is 2. The van der Waals surface area contributed by atoms with Crippen LogP contribution in [-0.4, -0.2) is 23.2 Å². The molecule has 1 aromatic carbocycles. The zero-order valence-corrected chi connectivity index (χ0v) is 10.0. The van der Waals surface area contributed by atoms with Gasteiger partial charge in [0.1, 0.15) is 17.7 Å². The van der Waals surface area contributed by atoms with Crippen LogP contribution in [0.4, 0.5) is 8.78 Å². The molecule has 0 aliphatic heterocycles. The first-order valence-corrected chi connectivity index (χ1v) is 5.93. The molecule has 2 atom stereocenters. The van der Waals surface area contributed by atoms with Gasteiger partial charge in [-0.15, -0.1) is 0 Å². The minimum Gasteiger partial charge on any atom is -0.480 e. The fraction of sp³-hybridized carbons (Fsp3) is 0.462. The molecule has 0 heterocycles. The second-order valence-corrected chi connectivity index (χ2v) is 4.69. The SMILES string of the molecule is C[C@H](NC1CCc2cc(F)cc(F)c2C1)C(=O)O. The number of aryl methyl sites for hydroxylation is 1. The zero-order chi connectivity index (χ0) is 13.3. The summed E-state index contributed by atoms with van der Waals surface area (Å²) in [7, 11) is 0. The molecule has 1 aromatic rings. The van der Waals surface area contributed by atoms with E-state index < -0.39 is 23.6 Å². The Morgan fingerprint density at radius 3 is 2.89 bits per heavy atom. The van der Waals surface area contributed by atoms with Crippen LogP contribution in [0.2, 0.25) is 0 Å². The van der Waals surface area contributed by atoms with E-state index in [0.29, 0.717) is 30.4 Å². The molecule has 0 fully saturated rings. The summed E-state index contributed by atoms with van der Waals surface area (Å²) in [5, 5.41) is 11.8. The van der Waals surface area contributed by atoms with Crippen LogP contribution in [0.1, 0.15) is 24.5 Å². The Morgan fingerprint density at radius 2 is 2.22 bits per heavy atom. The Bertz CT molecular complexity index is 476. The molecular weight excluding hydrogens is 240 g/mol. The highest BCUT2D eigenvalue weighted by Gasteiger charge is 2.24. The van der Waals surface area contributed by atoms with E-state index in [0.717, 1.165) is 6.07 Å². The lowest BCUT2D eigenvalue weighted by atomic mass is 9.87. The fourth-order valence-corrected chi connectivity index (χ4v) is 2.35. The van der Waals surface area contributed by atoms with Crippen LogP contribution in [0.15, 0.2) is 12.1 Å². The summed E-state index contributed by atoms with van der Waals surface area (Å²) >= 11 is 0. The Morgan fingerprint density at radius 1 is 1.50 bits per heavy atom. The minimum atomic E-state index is -0.930. The average molecular weight is 255 g/mol. The molecule has 1 aliphatic rings. The molecule has 2 rings (SSSR count). The second-order valence-electron chi connectivity index (χ2n) is 4.69. The first-order chi connectivity index (χ1) is 8.47. The van der Waals surface area contributed by atoms with Crippen molar-refractivity contribution in [1.82, 2.24) is 5.32 Å². The monoisotopic (exact) mass is 255 g/mol. The van der Waals surface area contributed by atoms with Crippen molar-refractivity contribution in [3.05, 3.63) is 34.9 Å². The molecule has 0 amide bonds. The Balaban J connectivity index is 2.12. The molecule has 98 valence electrons. The van der Waals surface area contributed by atoms with Crippen molar-refractivity contribution >= 4 is 5.97 Å². The first-order valence-electron chi connectivity index (χ1n) is 5.93. The number of carboxylic acids is 1. The van der Waals surface area contributed by atoms with Crippen LogP contribution in [0.3, 0.4) is 0 Å². The van der Waals surface area contributed by atoms with E-state index in [1.54, 1.807) is 6.92 Å². The Kier molecular flexibility index (Phi) is 3.61. The molecule has 0 aromatic heterocycles. The minimum absolute atomic E-state index is 0.0800. The van der Waals surface area contributed by atoms with Crippen LogP contribution in [-0.2, 0) is 17.6 Å². The maximum atomic E-state index is 13.6.